The number of hydrogen-bond donors (Lipinski definition) is 1. The van der Waals surface area contributed by atoms with E-state index in [9.17, 15) is 18.4 Å². The van der Waals surface area contributed by atoms with E-state index in [1.807, 2.05) is 0 Å². The largest absolute Gasteiger partial charge is 0.497 e. The van der Waals surface area contributed by atoms with Gasteiger partial charge in [-0.2, -0.15) is 0 Å². The third kappa shape index (κ3) is 5.40. The smallest absolute Gasteiger partial charge is 0.311 e. The number of hydrogen-bond acceptors (Lipinski definition) is 5. The van der Waals surface area contributed by atoms with E-state index in [-0.39, 0.29) is 12.1 Å². The number of esters is 1. The first-order chi connectivity index (χ1) is 12.8. The average Bonchev–Trinajstić information content (AvgIpc) is 2.64. The summed E-state index contributed by atoms with van der Waals surface area (Å²) >= 11 is 0. The molecule has 2 aromatic rings. The van der Waals surface area contributed by atoms with Crippen molar-refractivity contribution < 1.29 is 32.6 Å². The molecule has 144 valence electrons. The summed E-state index contributed by atoms with van der Waals surface area (Å²) in [7, 11) is 2.97. The highest BCUT2D eigenvalue weighted by molar-refractivity contribution is 5.95. The van der Waals surface area contributed by atoms with Gasteiger partial charge in [-0.3, -0.25) is 9.59 Å². The number of carbonyl (C=O) groups is 2. The zero-order valence-electron chi connectivity index (χ0n) is 15.0. The van der Waals surface area contributed by atoms with Crippen LogP contribution in [0.15, 0.2) is 36.4 Å². The van der Waals surface area contributed by atoms with Gasteiger partial charge in [0.05, 0.1) is 20.6 Å². The van der Waals surface area contributed by atoms with Crippen molar-refractivity contribution in [1.82, 2.24) is 0 Å². The van der Waals surface area contributed by atoms with E-state index in [4.69, 9.17) is 14.2 Å². The molecule has 1 N–H and O–H groups in total. The number of ether oxygens (including phenoxy) is 3. The van der Waals surface area contributed by atoms with Crippen molar-refractivity contribution in [3.8, 4) is 11.5 Å². The molecular weight excluding hydrogens is 360 g/mol. The summed E-state index contributed by atoms with van der Waals surface area (Å²) in [4.78, 5) is 24.2. The monoisotopic (exact) mass is 379 g/mol. The fourth-order valence-electron chi connectivity index (χ4n) is 2.26. The van der Waals surface area contributed by atoms with E-state index in [1.165, 1.54) is 27.2 Å². The molecule has 0 aromatic heterocycles. The average molecular weight is 379 g/mol. The number of methoxy groups -OCH3 is 2. The van der Waals surface area contributed by atoms with Crippen LogP contribution in [0.25, 0.3) is 0 Å². The number of amides is 1. The Bertz CT molecular complexity index is 841. The maximum atomic E-state index is 13.2. The molecule has 0 spiro atoms. The zero-order valence-corrected chi connectivity index (χ0v) is 15.0. The van der Waals surface area contributed by atoms with Crippen LogP contribution in [0.2, 0.25) is 0 Å². The van der Waals surface area contributed by atoms with E-state index in [1.54, 1.807) is 18.2 Å². The molecule has 0 bridgehead atoms. The first-order valence-corrected chi connectivity index (χ1v) is 8.00. The fourth-order valence-corrected chi connectivity index (χ4v) is 2.26. The molecule has 6 nitrogen and oxygen atoms in total. The molecule has 0 fully saturated rings. The Balaban J connectivity index is 1.96. The summed E-state index contributed by atoms with van der Waals surface area (Å²) in [6.45, 7) is 1.37. The second-order valence-electron chi connectivity index (χ2n) is 5.60. The Labute approximate surface area is 155 Å². The van der Waals surface area contributed by atoms with Gasteiger partial charge < -0.3 is 19.5 Å². The minimum atomic E-state index is -1.13. The molecule has 1 amide bonds. The Morgan fingerprint density at radius 1 is 1.04 bits per heavy atom. The third-order valence-electron chi connectivity index (χ3n) is 3.69. The van der Waals surface area contributed by atoms with Crippen molar-refractivity contribution in [1.29, 1.82) is 0 Å². The van der Waals surface area contributed by atoms with Crippen LogP contribution >= 0.6 is 0 Å². The zero-order chi connectivity index (χ0) is 20.0. The van der Waals surface area contributed by atoms with Gasteiger partial charge in [0.15, 0.2) is 17.7 Å². The van der Waals surface area contributed by atoms with Gasteiger partial charge in [-0.25, -0.2) is 8.78 Å². The van der Waals surface area contributed by atoms with E-state index < -0.39 is 29.6 Å². The van der Waals surface area contributed by atoms with Crippen LogP contribution in [0.1, 0.15) is 12.5 Å². The quantitative estimate of drug-likeness (QED) is 0.749. The highest BCUT2D eigenvalue weighted by Crippen LogP contribution is 2.25. The molecular formula is C19H19F2NO5. The van der Waals surface area contributed by atoms with E-state index >= 15 is 0 Å². The van der Waals surface area contributed by atoms with Gasteiger partial charge >= 0.3 is 5.97 Å². The molecule has 0 saturated carbocycles. The molecule has 27 heavy (non-hydrogen) atoms. The van der Waals surface area contributed by atoms with Gasteiger partial charge in [0, 0.05) is 23.4 Å². The van der Waals surface area contributed by atoms with Crippen LogP contribution < -0.4 is 14.8 Å². The van der Waals surface area contributed by atoms with E-state index in [0.717, 1.165) is 12.1 Å². The molecule has 0 unspecified atom stereocenters. The molecule has 0 heterocycles. The normalized spacial score (nSPS) is 11.4. The van der Waals surface area contributed by atoms with Crippen molar-refractivity contribution in [2.45, 2.75) is 19.4 Å². The lowest BCUT2D eigenvalue weighted by Crippen LogP contribution is -2.30. The Kier molecular flexibility index (Phi) is 6.70. The highest BCUT2D eigenvalue weighted by Gasteiger charge is 2.20. The van der Waals surface area contributed by atoms with Crippen molar-refractivity contribution >= 4 is 17.6 Å². The number of anilines is 1. The number of carbonyl (C=O) groups excluding carboxylic acids is 2. The maximum absolute atomic E-state index is 13.2. The topological polar surface area (TPSA) is 73.9 Å². The van der Waals surface area contributed by atoms with E-state index in [0.29, 0.717) is 17.1 Å². The van der Waals surface area contributed by atoms with Gasteiger partial charge in [0.25, 0.3) is 5.91 Å². The van der Waals surface area contributed by atoms with Crippen LogP contribution in [0, 0.1) is 11.6 Å². The Morgan fingerprint density at radius 2 is 1.78 bits per heavy atom. The lowest BCUT2D eigenvalue weighted by molar-refractivity contribution is -0.152. The van der Waals surface area contributed by atoms with E-state index in [2.05, 4.69) is 5.32 Å². The maximum Gasteiger partial charge on any atom is 0.311 e. The standard InChI is InChI=1S/C19H19F2NO5/c1-11(19(24)22-13-5-7-15(20)16(21)9-13)27-18(23)8-12-4-6-14(25-2)10-17(12)26-3/h4-7,9-11H,8H2,1-3H3,(H,22,24)/t11-/m1/s1. The minimum absolute atomic E-state index is 0.0543. The Morgan fingerprint density at radius 3 is 2.41 bits per heavy atom. The Hall–Kier alpha value is -3.16. The first-order valence-electron chi connectivity index (χ1n) is 8.00. The van der Waals surface area contributed by atoms with Gasteiger partial charge in [-0.15, -0.1) is 0 Å². The summed E-state index contributed by atoms with van der Waals surface area (Å²) in [5, 5.41) is 2.35. The molecule has 0 saturated heterocycles. The van der Waals surface area contributed by atoms with Crippen LogP contribution in [-0.2, 0) is 20.7 Å². The van der Waals surface area contributed by atoms with Crippen molar-refractivity contribution in [2.24, 2.45) is 0 Å². The summed E-state index contributed by atoms with van der Waals surface area (Å²) in [6.07, 6.45) is -1.24. The van der Waals surface area contributed by atoms with Gasteiger partial charge in [-0.05, 0) is 25.1 Å². The van der Waals surface area contributed by atoms with Crippen LogP contribution in [-0.4, -0.2) is 32.2 Å². The molecule has 2 aromatic carbocycles. The highest BCUT2D eigenvalue weighted by atomic mass is 19.2. The number of benzene rings is 2. The summed E-state index contributed by atoms with van der Waals surface area (Å²) in [5.74, 6) is -2.42. The van der Waals surface area contributed by atoms with Crippen molar-refractivity contribution in [2.75, 3.05) is 19.5 Å². The molecule has 1 atom stereocenters. The van der Waals surface area contributed by atoms with Gasteiger partial charge in [0.2, 0.25) is 0 Å². The molecule has 0 aliphatic rings. The van der Waals surface area contributed by atoms with Crippen LogP contribution in [0.4, 0.5) is 14.5 Å². The number of nitrogens with one attached hydrogen (secondary N) is 1. The summed E-state index contributed by atoms with van der Waals surface area (Å²) < 4.78 is 41.5. The molecule has 0 radical (unpaired) electrons. The number of halogens is 2. The molecule has 8 heteroatoms. The first kappa shape index (κ1) is 20.2. The second kappa shape index (κ2) is 8.98. The van der Waals surface area contributed by atoms with Gasteiger partial charge in [0.1, 0.15) is 11.5 Å². The lowest BCUT2D eigenvalue weighted by Gasteiger charge is -2.15. The number of rotatable bonds is 7. The minimum Gasteiger partial charge on any atom is -0.497 e. The SMILES string of the molecule is COc1ccc(CC(=O)O[C@H](C)C(=O)Nc2ccc(F)c(F)c2)c(OC)c1. The van der Waals surface area contributed by atoms with Crippen LogP contribution in [0.5, 0.6) is 11.5 Å². The predicted octanol–water partition coefficient (Wildman–Crippen LogP) is 3.09. The molecule has 0 aliphatic carbocycles. The van der Waals surface area contributed by atoms with Crippen molar-refractivity contribution in [3.05, 3.63) is 53.6 Å². The van der Waals surface area contributed by atoms with Gasteiger partial charge in [-0.1, -0.05) is 6.07 Å². The second-order valence-corrected chi connectivity index (χ2v) is 5.60. The molecule has 0 aliphatic heterocycles. The van der Waals surface area contributed by atoms with Crippen molar-refractivity contribution in [3.63, 3.8) is 0 Å². The predicted molar refractivity (Wildman–Crippen MR) is 93.8 cm³/mol. The van der Waals surface area contributed by atoms with Crippen LogP contribution in [0.3, 0.4) is 0 Å². The summed E-state index contributed by atoms with van der Waals surface area (Å²) in [6, 6.07) is 7.88. The fraction of sp³-hybridized carbons (Fsp3) is 0.263. The lowest BCUT2D eigenvalue weighted by atomic mass is 10.1. The third-order valence-corrected chi connectivity index (χ3v) is 3.69. The molecule has 2 rings (SSSR count). The summed E-state index contributed by atoms with van der Waals surface area (Å²) in [5.41, 5.74) is 0.620.